The molecule has 0 saturated heterocycles. The number of thiazole rings is 1. The average molecular weight is 373 g/mol. The van der Waals surface area contributed by atoms with Gasteiger partial charge in [-0.3, -0.25) is 4.79 Å². The molecule has 4 nitrogen and oxygen atoms in total. The number of nitrogens with two attached hydrogens (primary N) is 1. The number of aromatic nitrogens is 1. The van der Waals surface area contributed by atoms with Gasteiger partial charge in [0, 0.05) is 8.95 Å². The van der Waals surface area contributed by atoms with Crippen LogP contribution >= 0.6 is 33.9 Å². The Balaban J connectivity index is 2.15. The van der Waals surface area contributed by atoms with E-state index in [1.165, 1.54) is 11.3 Å². The summed E-state index contributed by atoms with van der Waals surface area (Å²) in [5, 5.41) is 5.33. The number of carbonyl (C=O) groups excluding carboxylic acids is 1. The van der Waals surface area contributed by atoms with Crippen LogP contribution in [0, 0.1) is 3.57 Å². The van der Waals surface area contributed by atoms with Gasteiger partial charge in [0.2, 0.25) is 0 Å². The summed E-state index contributed by atoms with van der Waals surface area (Å²) in [6.07, 6.45) is 0. The number of halogens is 1. The number of para-hydroxylation sites is 1. The third-order valence-electron chi connectivity index (χ3n) is 2.27. The van der Waals surface area contributed by atoms with Gasteiger partial charge in [-0.1, -0.05) is 12.1 Å². The van der Waals surface area contributed by atoms with E-state index in [4.69, 9.17) is 5.73 Å². The van der Waals surface area contributed by atoms with E-state index in [1.807, 2.05) is 31.2 Å². The Bertz CT molecular complexity index is 568. The van der Waals surface area contributed by atoms with E-state index >= 15 is 0 Å². The molecular weight excluding hydrogens is 361 g/mol. The molecule has 18 heavy (non-hydrogen) atoms. The van der Waals surface area contributed by atoms with Gasteiger partial charge in [-0.15, -0.1) is 11.3 Å². The van der Waals surface area contributed by atoms with E-state index in [1.54, 1.807) is 5.38 Å². The van der Waals surface area contributed by atoms with Crippen LogP contribution in [0.2, 0.25) is 0 Å². The molecule has 0 saturated carbocycles. The van der Waals surface area contributed by atoms with Crippen LogP contribution in [0.25, 0.3) is 0 Å². The fraction of sp³-hybridized carbons (Fsp3) is 0.167. The van der Waals surface area contributed by atoms with Crippen LogP contribution in [-0.2, 0) is 0 Å². The third-order valence-corrected chi connectivity index (χ3v) is 4.25. The first-order valence-electron chi connectivity index (χ1n) is 5.35. The predicted octanol–water partition coefficient (Wildman–Crippen LogP) is 3.02. The molecule has 3 N–H and O–H groups in total. The van der Waals surface area contributed by atoms with Crippen molar-refractivity contribution < 1.29 is 4.79 Å². The normalized spacial score (nSPS) is 12.2. The summed E-state index contributed by atoms with van der Waals surface area (Å²) in [5.74, 6) is -0.206. The van der Waals surface area contributed by atoms with Crippen molar-refractivity contribution in [2.45, 2.75) is 13.0 Å². The topological polar surface area (TPSA) is 68.0 Å². The number of benzene rings is 1. The van der Waals surface area contributed by atoms with Gasteiger partial charge in [0.1, 0.15) is 10.7 Å². The molecule has 0 bridgehead atoms. The zero-order chi connectivity index (χ0) is 13.1. The molecule has 2 rings (SSSR count). The maximum absolute atomic E-state index is 12.0. The molecule has 6 heteroatoms. The number of hydrogen-bond acceptors (Lipinski definition) is 4. The van der Waals surface area contributed by atoms with Gasteiger partial charge in [0.05, 0.1) is 11.7 Å². The molecule has 1 heterocycles. The van der Waals surface area contributed by atoms with Crippen molar-refractivity contribution in [3.05, 3.63) is 43.9 Å². The van der Waals surface area contributed by atoms with Crippen LogP contribution in [0.15, 0.2) is 29.6 Å². The van der Waals surface area contributed by atoms with Gasteiger partial charge in [-0.05, 0) is 41.6 Å². The van der Waals surface area contributed by atoms with Crippen LogP contribution in [0.3, 0.4) is 0 Å². The lowest BCUT2D eigenvalue weighted by molar-refractivity contribution is 0.102. The van der Waals surface area contributed by atoms with Crippen molar-refractivity contribution in [3.63, 3.8) is 0 Å². The van der Waals surface area contributed by atoms with Gasteiger partial charge in [0.15, 0.2) is 0 Å². The number of nitrogens with one attached hydrogen (secondary N) is 1. The standard InChI is InChI=1S/C12H12IN3OS/c1-7(14)12-16-10(6-18-12)11(17)15-9-5-3-2-4-8(9)13/h2-7H,14H2,1H3,(H,15,17). The molecule has 94 valence electrons. The minimum absolute atomic E-state index is 0.145. The second-order valence-electron chi connectivity index (χ2n) is 3.79. The molecule has 0 radical (unpaired) electrons. The summed E-state index contributed by atoms with van der Waals surface area (Å²) < 4.78 is 0.992. The van der Waals surface area contributed by atoms with E-state index in [9.17, 15) is 4.79 Å². The number of amides is 1. The molecule has 1 unspecified atom stereocenters. The smallest absolute Gasteiger partial charge is 0.275 e. The van der Waals surface area contributed by atoms with E-state index < -0.39 is 0 Å². The summed E-state index contributed by atoms with van der Waals surface area (Å²) in [6, 6.07) is 7.46. The fourth-order valence-corrected chi connectivity index (χ4v) is 2.63. The van der Waals surface area contributed by atoms with Crippen LogP contribution in [0.4, 0.5) is 5.69 Å². The number of hydrogen-bond donors (Lipinski definition) is 2. The van der Waals surface area contributed by atoms with E-state index in [-0.39, 0.29) is 11.9 Å². The summed E-state index contributed by atoms with van der Waals surface area (Å²) >= 11 is 3.58. The Labute approximate surface area is 123 Å². The summed E-state index contributed by atoms with van der Waals surface area (Å²) in [6.45, 7) is 1.85. The number of nitrogens with zero attached hydrogens (tertiary/aromatic N) is 1. The van der Waals surface area contributed by atoms with E-state index in [2.05, 4.69) is 32.9 Å². The van der Waals surface area contributed by atoms with Crippen molar-refractivity contribution in [2.24, 2.45) is 5.73 Å². The monoisotopic (exact) mass is 373 g/mol. The molecule has 1 aromatic heterocycles. The quantitative estimate of drug-likeness (QED) is 0.813. The molecular formula is C12H12IN3OS. The van der Waals surface area contributed by atoms with Gasteiger partial charge in [0.25, 0.3) is 5.91 Å². The molecule has 1 aromatic carbocycles. The zero-order valence-corrected chi connectivity index (χ0v) is 12.7. The van der Waals surface area contributed by atoms with E-state index in [0.717, 1.165) is 14.3 Å². The predicted molar refractivity (Wildman–Crippen MR) is 81.8 cm³/mol. The Morgan fingerprint density at radius 2 is 2.22 bits per heavy atom. The lowest BCUT2D eigenvalue weighted by Gasteiger charge is -2.05. The highest BCUT2D eigenvalue weighted by Crippen LogP contribution is 2.20. The molecule has 1 atom stereocenters. The molecule has 0 aliphatic carbocycles. The Hall–Kier alpha value is -0.990. The lowest BCUT2D eigenvalue weighted by Crippen LogP contribution is -2.14. The van der Waals surface area contributed by atoms with Gasteiger partial charge in [-0.25, -0.2) is 4.98 Å². The first-order chi connectivity index (χ1) is 8.58. The second kappa shape index (κ2) is 5.77. The highest BCUT2D eigenvalue weighted by atomic mass is 127. The summed E-state index contributed by atoms with van der Waals surface area (Å²) in [7, 11) is 0. The summed E-state index contributed by atoms with van der Waals surface area (Å²) in [5.41, 5.74) is 6.92. The SMILES string of the molecule is CC(N)c1nc(C(=O)Nc2ccccc2I)cs1. The molecule has 0 spiro atoms. The average Bonchev–Trinajstić information content (AvgIpc) is 2.81. The molecule has 0 aliphatic rings. The summed E-state index contributed by atoms with van der Waals surface area (Å²) in [4.78, 5) is 16.2. The largest absolute Gasteiger partial charge is 0.322 e. The maximum Gasteiger partial charge on any atom is 0.275 e. The van der Waals surface area contributed by atoms with Gasteiger partial charge in [-0.2, -0.15) is 0 Å². The van der Waals surface area contributed by atoms with Crippen LogP contribution in [0.5, 0.6) is 0 Å². The van der Waals surface area contributed by atoms with Gasteiger partial charge < -0.3 is 11.1 Å². The maximum atomic E-state index is 12.0. The van der Waals surface area contributed by atoms with Crippen molar-refractivity contribution in [1.29, 1.82) is 0 Å². The molecule has 2 aromatic rings. The molecule has 0 fully saturated rings. The second-order valence-corrected chi connectivity index (χ2v) is 5.85. The first kappa shape index (κ1) is 13.4. The fourth-order valence-electron chi connectivity index (χ4n) is 1.35. The molecule has 0 aliphatic heterocycles. The highest BCUT2D eigenvalue weighted by molar-refractivity contribution is 14.1. The third kappa shape index (κ3) is 3.06. The van der Waals surface area contributed by atoms with Crippen LogP contribution in [-0.4, -0.2) is 10.9 Å². The number of carbonyl (C=O) groups is 1. The lowest BCUT2D eigenvalue weighted by atomic mass is 10.3. The number of anilines is 1. The minimum Gasteiger partial charge on any atom is -0.322 e. The number of rotatable bonds is 3. The van der Waals surface area contributed by atoms with Crippen LogP contribution < -0.4 is 11.1 Å². The van der Waals surface area contributed by atoms with Crippen molar-refractivity contribution >= 4 is 45.5 Å². The van der Waals surface area contributed by atoms with Crippen molar-refractivity contribution in [3.8, 4) is 0 Å². The minimum atomic E-state index is -0.206. The Morgan fingerprint density at radius 1 is 1.50 bits per heavy atom. The van der Waals surface area contributed by atoms with Crippen molar-refractivity contribution in [2.75, 3.05) is 5.32 Å². The van der Waals surface area contributed by atoms with Gasteiger partial charge >= 0.3 is 0 Å². The molecule has 1 amide bonds. The Morgan fingerprint density at radius 3 is 2.83 bits per heavy atom. The highest BCUT2D eigenvalue weighted by Gasteiger charge is 2.13. The van der Waals surface area contributed by atoms with E-state index in [0.29, 0.717) is 5.69 Å². The first-order valence-corrected chi connectivity index (χ1v) is 7.30. The zero-order valence-electron chi connectivity index (χ0n) is 9.68. The van der Waals surface area contributed by atoms with Crippen molar-refractivity contribution in [1.82, 2.24) is 4.98 Å². The Kier molecular flexibility index (Phi) is 4.31. The van der Waals surface area contributed by atoms with Crippen LogP contribution in [0.1, 0.15) is 28.5 Å².